The number of aryl methyl sites for hydroxylation is 1. The number of Topliss-reactive ketones (excluding diaryl/α,β-unsaturated/α-hetero) is 1. The van der Waals surface area contributed by atoms with Crippen LogP contribution < -0.4 is 21.3 Å². The van der Waals surface area contributed by atoms with Crippen LogP contribution in [0.3, 0.4) is 0 Å². The monoisotopic (exact) mass is 444 g/mol. The van der Waals surface area contributed by atoms with Crippen molar-refractivity contribution in [3.05, 3.63) is 70.6 Å². The predicted octanol–water partition coefficient (Wildman–Crippen LogP) is 3.21. The van der Waals surface area contributed by atoms with E-state index in [0.717, 1.165) is 16.9 Å². The maximum atomic E-state index is 12.8. The van der Waals surface area contributed by atoms with Crippen LogP contribution in [0.25, 0.3) is 0 Å². The number of sulfonamides is 1. The van der Waals surface area contributed by atoms with Gasteiger partial charge in [0.2, 0.25) is 0 Å². The molecule has 2 aromatic carbocycles. The molecule has 0 saturated heterocycles. The van der Waals surface area contributed by atoms with Gasteiger partial charge in [-0.25, -0.2) is 8.42 Å². The minimum atomic E-state index is -3.98. The standard InChI is InChI=1S/C20H20N4O4S2/c1-12-8-10-15(11-9-12)30(27,28)24-23-19(26)16-17(21)18(13(2)25)29-20(16)22-14-6-4-3-5-7-14/h3-11,22,24H,21H2,1-2H3,(H,23,26). The van der Waals surface area contributed by atoms with Crippen molar-refractivity contribution in [2.75, 3.05) is 11.1 Å². The molecule has 0 fully saturated rings. The Balaban J connectivity index is 1.87. The number of amides is 1. The third-order valence-corrected chi connectivity index (χ3v) is 6.64. The second-order valence-electron chi connectivity index (χ2n) is 6.47. The third-order valence-electron chi connectivity index (χ3n) is 4.15. The molecule has 3 aromatic rings. The molecule has 0 radical (unpaired) electrons. The highest BCUT2D eigenvalue weighted by atomic mass is 32.2. The zero-order valence-electron chi connectivity index (χ0n) is 16.2. The van der Waals surface area contributed by atoms with Crippen LogP contribution in [-0.2, 0) is 10.0 Å². The molecule has 8 nitrogen and oxygen atoms in total. The molecule has 30 heavy (non-hydrogen) atoms. The lowest BCUT2D eigenvalue weighted by Gasteiger charge is -2.11. The van der Waals surface area contributed by atoms with E-state index in [1.807, 2.05) is 13.0 Å². The fourth-order valence-corrected chi connectivity index (χ4v) is 4.50. The van der Waals surface area contributed by atoms with Crippen LogP contribution in [0, 0.1) is 6.92 Å². The molecule has 0 bridgehead atoms. The number of carbonyl (C=O) groups is 2. The number of hydrazine groups is 1. The molecular formula is C20H20N4O4S2. The molecule has 10 heteroatoms. The van der Waals surface area contributed by atoms with Gasteiger partial charge in [-0.05, 0) is 31.2 Å². The van der Waals surface area contributed by atoms with Crippen molar-refractivity contribution in [3.63, 3.8) is 0 Å². The van der Waals surface area contributed by atoms with Crippen LogP contribution in [0.5, 0.6) is 0 Å². The summed E-state index contributed by atoms with van der Waals surface area (Å²) in [5.41, 5.74) is 9.76. The van der Waals surface area contributed by atoms with Gasteiger partial charge in [0, 0.05) is 12.6 Å². The van der Waals surface area contributed by atoms with Gasteiger partial charge in [0.05, 0.1) is 21.0 Å². The van der Waals surface area contributed by atoms with Crippen molar-refractivity contribution in [2.45, 2.75) is 18.7 Å². The molecule has 0 spiro atoms. The summed E-state index contributed by atoms with van der Waals surface area (Å²) < 4.78 is 24.9. The molecule has 0 unspecified atom stereocenters. The number of thiophene rings is 1. The molecule has 0 atom stereocenters. The summed E-state index contributed by atoms with van der Waals surface area (Å²) in [4.78, 5) is 26.9. The number of nitrogen functional groups attached to an aromatic ring is 1. The Labute approximate surface area is 178 Å². The van der Waals surface area contributed by atoms with Gasteiger partial charge >= 0.3 is 0 Å². The van der Waals surface area contributed by atoms with E-state index < -0.39 is 15.9 Å². The van der Waals surface area contributed by atoms with Crippen LogP contribution >= 0.6 is 11.3 Å². The number of carbonyl (C=O) groups excluding carboxylic acids is 2. The molecule has 0 aliphatic carbocycles. The van der Waals surface area contributed by atoms with E-state index in [-0.39, 0.29) is 26.8 Å². The highest BCUT2D eigenvalue weighted by Crippen LogP contribution is 2.37. The molecule has 0 aliphatic rings. The fraction of sp³-hybridized carbons (Fsp3) is 0.100. The van der Waals surface area contributed by atoms with Crippen LogP contribution in [-0.4, -0.2) is 20.1 Å². The first-order valence-electron chi connectivity index (χ1n) is 8.83. The van der Waals surface area contributed by atoms with Crippen molar-refractivity contribution in [2.24, 2.45) is 0 Å². The topological polar surface area (TPSA) is 130 Å². The van der Waals surface area contributed by atoms with Crippen LogP contribution in [0.4, 0.5) is 16.4 Å². The largest absolute Gasteiger partial charge is 0.397 e. The zero-order chi connectivity index (χ0) is 21.9. The summed E-state index contributed by atoms with van der Waals surface area (Å²) in [5.74, 6) is -1.08. The van der Waals surface area contributed by atoms with Gasteiger partial charge in [-0.15, -0.1) is 16.2 Å². The quantitative estimate of drug-likeness (QED) is 0.327. The summed E-state index contributed by atoms with van der Waals surface area (Å²) in [6.07, 6.45) is 0. The number of hydrogen-bond donors (Lipinski definition) is 4. The lowest BCUT2D eigenvalue weighted by molar-refractivity contribution is 0.0947. The molecule has 3 rings (SSSR count). The van der Waals surface area contributed by atoms with Crippen LogP contribution in [0.15, 0.2) is 59.5 Å². The summed E-state index contributed by atoms with van der Waals surface area (Å²) in [5, 5.41) is 3.38. The highest BCUT2D eigenvalue weighted by molar-refractivity contribution is 7.89. The first-order valence-corrected chi connectivity index (χ1v) is 11.1. The Kier molecular flexibility index (Phi) is 6.20. The highest BCUT2D eigenvalue weighted by Gasteiger charge is 2.25. The zero-order valence-corrected chi connectivity index (χ0v) is 17.9. The molecule has 156 valence electrons. The normalized spacial score (nSPS) is 11.1. The van der Waals surface area contributed by atoms with Gasteiger partial charge in [-0.1, -0.05) is 35.9 Å². The summed E-state index contributed by atoms with van der Waals surface area (Å²) in [7, 11) is -3.98. The second kappa shape index (κ2) is 8.66. The van der Waals surface area contributed by atoms with Gasteiger partial charge in [-0.2, -0.15) is 0 Å². The number of ketones is 1. The van der Waals surface area contributed by atoms with E-state index in [9.17, 15) is 18.0 Å². The Hall–Kier alpha value is -3.21. The Morgan fingerprint density at radius 3 is 2.23 bits per heavy atom. The van der Waals surface area contributed by atoms with E-state index in [1.54, 1.807) is 36.4 Å². The number of hydrogen-bond acceptors (Lipinski definition) is 7. The molecular weight excluding hydrogens is 424 g/mol. The number of nitrogens with two attached hydrogens (primary N) is 1. The number of benzene rings is 2. The maximum absolute atomic E-state index is 12.8. The number of anilines is 3. The van der Waals surface area contributed by atoms with E-state index in [4.69, 9.17) is 5.73 Å². The van der Waals surface area contributed by atoms with Crippen molar-refractivity contribution >= 4 is 49.4 Å². The first kappa shape index (κ1) is 21.5. The van der Waals surface area contributed by atoms with Gasteiger partial charge in [0.1, 0.15) is 5.00 Å². The molecule has 1 amide bonds. The van der Waals surface area contributed by atoms with Gasteiger partial charge in [-0.3, -0.25) is 15.0 Å². The van der Waals surface area contributed by atoms with E-state index in [2.05, 4.69) is 15.6 Å². The van der Waals surface area contributed by atoms with Crippen molar-refractivity contribution in [3.8, 4) is 0 Å². The van der Waals surface area contributed by atoms with Gasteiger partial charge in [0.25, 0.3) is 15.9 Å². The van der Waals surface area contributed by atoms with Crippen molar-refractivity contribution in [1.82, 2.24) is 10.3 Å². The SMILES string of the molecule is CC(=O)c1sc(Nc2ccccc2)c(C(=O)NNS(=O)(=O)c2ccc(C)cc2)c1N. The first-order chi connectivity index (χ1) is 14.2. The molecule has 1 heterocycles. The molecule has 1 aromatic heterocycles. The number of para-hydroxylation sites is 1. The molecule has 0 aliphatic heterocycles. The van der Waals surface area contributed by atoms with E-state index in [0.29, 0.717) is 10.7 Å². The van der Waals surface area contributed by atoms with Crippen LogP contribution in [0.2, 0.25) is 0 Å². The smallest absolute Gasteiger partial charge is 0.271 e. The van der Waals surface area contributed by atoms with E-state index >= 15 is 0 Å². The number of nitrogens with one attached hydrogen (secondary N) is 3. The Morgan fingerprint density at radius 2 is 1.63 bits per heavy atom. The minimum Gasteiger partial charge on any atom is -0.397 e. The minimum absolute atomic E-state index is 0.00116. The predicted molar refractivity (Wildman–Crippen MR) is 117 cm³/mol. The maximum Gasteiger partial charge on any atom is 0.271 e. The third kappa shape index (κ3) is 4.67. The average molecular weight is 445 g/mol. The van der Waals surface area contributed by atoms with E-state index in [1.165, 1.54) is 19.1 Å². The van der Waals surface area contributed by atoms with Crippen LogP contribution in [0.1, 0.15) is 32.5 Å². The van der Waals surface area contributed by atoms with Crippen molar-refractivity contribution < 1.29 is 18.0 Å². The second-order valence-corrected chi connectivity index (χ2v) is 9.17. The summed E-state index contributed by atoms with van der Waals surface area (Å²) >= 11 is 1.03. The van der Waals surface area contributed by atoms with Gasteiger partial charge < -0.3 is 11.1 Å². The lowest BCUT2D eigenvalue weighted by atomic mass is 10.2. The average Bonchev–Trinajstić information content (AvgIpc) is 3.03. The lowest BCUT2D eigenvalue weighted by Crippen LogP contribution is -2.41. The summed E-state index contributed by atoms with van der Waals surface area (Å²) in [6, 6.07) is 15.2. The molecule has 0 saturated carbocycles. The Morgan fingerprint density at radius 1 is 1.00 bits per heavy atom. The number of rotatable bonds is 7. The summed E-state index contributed by atoms with van der Waals surface area (Å²) in [6.45, 7) is 3.18. The van der Waals surface area contributed by atoms with Gasteiger partial charge in [0.15, 0.2) is 5.78 Å². The molecule has 5 N–H and O–H groups in total. The van der Waals surface area contributed by atoms with Crippen molar-refractivity contribution in [1.29, 1.82) is 0 Å². The fourth-order valence-electron chi connectivity index (χ4n) is 2.62. The Bertz CT molecular complexity index is 1190.